The minimum atomic E-state index is -0.284. The van der Waals surface area contributed by atoms with Crippen molar-refractivity contribution in [3.8, 4) is 0 Å². The largest absolute Gasteiger partial charge is 0.347 e. The van der Waals surface area contributed by atoms with E-state index in [-0.39, 0.29) is 35.6 Å². The highest BCUT2D eigenvalue weighted by Crippen LogP contribution is 2.34. The van der Waals surface area contributed by atoms with Crippen molar-refractivity contribution in [2.75, 3.05) is 26.2 Å². The lowest BCUT2D eigenvalue weighted by molar-refractivity contribution is -0.139. The molecule has 2 aliphatic heterocycles. The van der Waals surface area contributed by atoms with Crippen molar-refractivity contribution in [2.45, 2.75) is 37.6 Å². The number of amides is 3. The van der Waals surface area contributed by atoms with E-state index < -0.39 is 0 Å². The Balaban J connectivity index is 1.51. The van der Waals surface area contributed by atoms with Gasteiger partial charge in [-0.1, -0.05) is 41.4 Å². The Bertz CT molecular complexity index is 1100. The minimum Gasteiger partial charge on any atom is -0.347 e. The first-order valence-electron chi connectivity index (χ1n) is 11.7. The number of carbonyl (C=O) groups excluding carboxylic acids is 3. The first kappa shape index (κ1) is 25.8. The SMILES string of the molecule is CC(=O)N1CCC(C(=O)N2CC(NC(=O)c3ccc(CCl)cc3)C(c3ccc(Cl)c(Cl)c3)C2)CC1. The molecule has 186 valence electrons. The van der Waals surface area contributed by atoms with Gasteiger partial charge in [-0.15, -0.1) is 11.6 Å². The summed E-state index contributed by atoms with van der Waals surface area (Å²) in [5.41, 5.74) is 2.39. The summed E-state index contributed by atoms with van der Waals surface area (Å²) in [6, 6.07) is 12.3. The molecule has 2 fully saturated rings. The zero-order chi connectivity index (χ0) is 25.1. The van der Waals surface area contributed by atoms with Crippen LogP contribution < -0.4 is 5.32 Å². The van der Waals surface area contributed by atoms with Crippen LogP contribution in [0.15, 0.2) is 42.5 Å². The number of nitrogens with zero attached hydrogens (tertiary/aromatic N) is 2. The Labute approximate surface area is 220 Å². The summed E-state index contributed by atoms with van der Waals surface area (Å²) < 4.78 is 0. The van der Waals surface area contributed by atoms with Gasteiger partial charge in [0.1, 0.15) is 0 Å². The molecule has 2 unspecified atom stereocenters. The van der Waals surface area contributed by atoms with Crippen LogP contribution in [0.1, 0.15) is 47.2 Å². The summed E-state index contributed by atoms with van der Waals surface area (Å²) in [6.07, 6.45) is 1.30. The molecule has 2 aromatic rings. The fourth-order valence-electron chi connectivity index (χ4n) is 4.91. The predicted octanol–water partition coefficient (Wildman–Crippen LogP) is 4.72. The Hall–Kier alpha value is -2.28. The number of hydrogen-bond donors (Lipinski definition) is 1. The quantitative estimate of drug-likeness (QED) is 0.563. The minimum absolute atomic E-state index is 0.0404. The number of carbonyl (C=O) groups is 3. The summed E-state index contributed by atoms with van der Waals surface area (Å²) >= 11 is 18.3. The van der Waals surface area contributed by atoms with Crippen molar-refractivity contribution in [3.05, 3.63) is 69.2 Å². The summed E-state index contributed by atoms with van der Waals surface area (Å²) in [5.74, 6) is 0.0341. The van der Waals surface area contributed by atoms with E-state index in [1.165, 1.54) is 0 Å². The van der Waals surface area contributed by atoms with Crippen LogP contribution in [-0.2, 0) is 15.5 Å². The predicted molar refractivity (Wildman–Crippen MR) is 138 cm³/mol. The van der Waals surface area contributed by atoms with E-state index in [1.54, 1.807) is 30.0 Å². The maximum Gasteiger partial charge on any atom is 0.251 e. The van der Waals surface area contributed by atoms with Gasteiger partial charge in [0.2, 0.25) is 11.8 Å². The van der Waals surface area contributed by atoms with Crippen LogP contribution in [-0.4, -0.2) is 59.7 Å². The molecular weight excluding hydrogens is 509 g/mol. The fourth-order valence-corrected chi connectivity index (χ4v) is 5.39. The van der Waals surface area contributed by atoms with Crippen molar-refractivity contribution in [1.29, 1.82) is 0 Å². The highest BCUT2D eigenvalue weighted by Gasteiger charge is 2.40. The zero-order valence-corrected chi connectivity index (χ0v) is 21.7. The average molecular weight is 537 g/mol. The Morgan fingerprint density at radius 1 is 0.943 bits per heavy atom. The lowest BCUT2D eigenvalue weighted by Crippen LogP contribution is -2.44. The van der Waals surface area contributed by atoms with Crippen LogP contribution in [0.3, 0.4) is 0 Å². The van der Waals surface area contributed by atoms with E-state index in [4.69, 9.17) is 34.8 Å². The van der Waals surface area contributed by atoms with Crippen LogP contribution in [0.5, 0.6) is 0 Å². The molecule has 6 nitrogen and oxygen atoms in total. The second-order valence-electron chi connectivity index (χ2n) is 9.21. The molecule has 2 atom stereocenters. The number of nitrogens with one attached hydrogen (secondary N) is 1. The van der Waals surface area contributed by atoms with Crippen molar-refractivity contribution in [1.82, 2.24) is 15.1 Å². The molecule has 0 bridgehead atoms. The molecule has 3 amide bonds. The molecule has 0 spiro atoms. The molecule has 2 saturated heterocycles. The standard InChI is InChI=1S/C26H28Cl3N3O3/c1-16(33)31-10-8-19(9-11-31)26(35)32-14-21(20-6-7-22(28)23(29)12-20)24(15-32)30-25(34)18-4-2-17(13-27)3-5-18/h2-7,12,19,21,24H,8-11,13-15H2,1H3,(H,30,34). The maximum atomic E-state index is 13.4. The van der Waals surface area contributed by atoms with Gasteiger partial charge in [0.15, 0.2) is 0 Å². The molecule has 35 heavy (non-hydrogen) atoms. The molecule has 1 N–H and O–H groups in total. The highest BCUT2D eigenvalue weighted by molar-refractivity contribution is 6.42. The third kappa shape index (κ3) is 5.93. The van der Waals surface area contributed by atoms with E-state index in [1.807, 2.05) is 29.2 Å². The maximum absolute atomic E-state index is 13.4. The van der Waals surface area contributed by atoms with Crippen LogP contribution in [0.4, 0.5) is 0 Å². The number of alkyl halides is 1. The topological polar surface area (TPSA) is 69.7 Å². The normalized spacial score (nSPS) is 20.7. The van der Waals surface area contributed by atoms with Crippen molar-refractivity contribution in [3.63, 3.8) is 0 Å². The summed E-state index contributed by atoms with van der Waals surface area (Å²) in [7, 11) is 0. The third-order valence-electron chi connectivity index (χ3n) is 6.98. The third-order valence-corrected chi connectivity index (χ3v) is 8.03. The van der Waals surface area contributed by atoms with Gasteiger partial charge in [-0.3, -0.25) is 14.4 Å². The molecular formula is C26H28Cl3N3O3. The van der Waals surface area contributed by atoms with Gasteiger partial charge in [0.25, 0.3) is 5.91 Å². The van der Waals surface area contributed by atoms with Crippen molar-refractivity contribution >= 4 is 52.5 Å². The fraction of sp³-hybridized carbons (Fsp3) is 0.423. The Morgan fingerprint density at radius 3 is 2.23 bits per heavy atom. The second-order valence-corrected chi connectivity index (χ2v) is 10.3. The van der Waals surface area contributed by atoms with Crippen molar-refractivity contribution in [2.24, 2.45) is 5.92 Å². The number of hydrogen-bond acceptors (Lipinski definition) is 3. The van der Waals surface area contributed by atoms with Gasteiger partial charge in [0.05, 0.1) is 16.1 Å². The first-order chi connectivity index (χ1) is 16.8. The lowest BCUT2D eigenvalue weighted by atomic mass is 9.94. The molecule has 0 aliphatic carbocycles. The van der Waals surface area contributed by atoms with Gasteiger partial charge < -0.3 is 15.1 Å². The van der Waals surface area contributed by atoms with Crippen LogP contribution in [0, 0.1) is 5.92 Å². The second kappa shape index (κ2) is 11.2. The number of rotatable bonds is 5. The monoisotopic (exact) mass is 535 g/mol. The van der Waals surface area contributed by atoms with Gasteiger partial charge in [-0.2, -0.15) is 0 Å². The molecule has 9 heteroatoms. The zero-order valence-electron chi connectivity index (χ0n) is 19.5. The Kier molecular flexibility index (Phi) is 8.25. The first-order valence-corrected chi connectivity index (χ1v) is 13.0. The van der Waals surface area contributed by atoms with Gasteiger partial charge in [-0.05, 0) is 48.2 Å². The summed E-state index contributed by atoms with van der Waals surface area (Å²) in [4.78, 5) is 41.7. The van der Waals surface area contributed by atoms with E-state index in [0.717, 1.165) is 11.1 Å². The van der Waals surface area contributed by atoms with Gasteiger partial charge in [0, 0.05) is 56.4 Å². The molecule has 2 aliphatic rings. The van der Waals surface area contributed by atoms with E-state index in [2.05, 4.69) is 5.32 Å². The molecule has 4 rings (SSSR count). The smallest absolute Gasteiger partial charge is 0.251 e. The van der Waals surface area contributed by atoms with E-state index in [0.29, 0.717) is 60.5 Å². The van der Waals surface area contributed by atoms with Crippen LogP contribution >= 0.6 is 34.8 Å². The number of likely N-dealkylation sites (tertiary alicyclic amines) is 2. The highest BCUT2D eigenvalue weighted by atomic mass is 35.5. The molecule has 2 aromatic carbocycles. The summed E-state index contributed by atoms with van der Waals surface area (Å²) in [5, 5.41) is 4.02. The molecule has 0 saturated carbocycles. The molecule has 0 aromatic heterocycles. The molecule has 0 radical (unpaired) electrons. The number of benzene rings is 2. The Morgan fingerprint density at radius 2 is 1.63 bits per heavy atom. The van der Waals surface area contributed by atoms with Gasteiger partial charge >= 0.3 is 0 Å². The molecule has 2 heterocycles. The van der Waals surface area contributed by atoms with E-state index >= 15 is 0 Å². The van der Waals surface area contributed by atoms with Crippen molar-refractivity contribution < 1.29 is 14.4 Å². The van der Waals surface area contributed by atoms with Crippen LogP contribution in [0.25, 0.3) is 0 Å². The van der Waals surface area contributed by atoms with Gasteiger partial charge in [-0.25, -0.2) is 0 Å². The van der Waals surface area contributed by atoms with Crippen LogP contribution in [0.2, 0.25) is 10.0 Å². The lowest BCUT2D eigenvalue weighted by Gasteiger charge is -2.32. The number of halogens is 3. The van der Waals surface area contributed by atoms with E-state index in [9.17, 15) is 14.4 Å². The average Bonchev–Trinajstić information content (AvgIpc) is 3.29. The summed E-state index contributed by atoms with van der Waals surface area (Å²) in [6.45, 7) is 3.62. The number of piperidine rings is 1.